The maximum Gasteiger partial charge on any atom is 0.119 e. The number of nitrogens with two attached hydrogens (primary N) is 1. The fourth-order valence-electron chi connectivity index (χ4n) is 8.32. The summed E-state index contributed by atoms with van der Waals surface area (Å²) in [5.74, 6) is 5.31. The molecule has 0 bridgehead atoms. The lowest BCUT2D eigenvalue weighted by Gasteiger charge is -2.55. The Morgan fingerprint density at radius 3 is 2.61 bits per heavy atom. The van der Waals surface area contributed by atoms with Gasteiger partial charge in [0.25, 0.3) is 0 Å². The molecule has 0 amide bonds. The maximum atomic E-state index is 10.6. The van der Waals surface area contributed by atoms with Crippen LogP contribution in [0.4, 0.5) is 0 Å². The molecule has 0 spiro atoms. The maximum absolute atomic E-state index is 10.6. The van der Waals surface area contributed by atoms with Gasteiger partial charge in [0, 0.05) is 12.3 Å². The van der Waals surface area contributed by atoms with Crippen LogP contribution in [-0.4, -0.2) is 35.1 Å². The molecule has 2 saturated carbocycles. The van der Waals surface area contributed by atoms with E-state index in [-0.39, 0.29) is 17.9 Å². The fraction of sp³-hybridized carbons (Fsp3) is 0.679. The van der Waals surface area contributed by atoms with E-state index < -0.39 is 0 Å². The largest absolute Gasteiger partial charge is 0.497 e. The van der Waals surface area contributed by atoms with Crippen LogP contribution in [0.5, 0.6) is 5.75 Å². The van der Waals surface area contributed by atoms with Gasteiger partial charge in [-0.1, -0.05) is 27.2 Å². The summed E-state index contributed by atoms with van der Waals surface area (Å²) in [7, 11) is 1.69. The van der Waals surface area contributed by atoms with Crippen LogP contribution in [0.25, 0.3) is 5.69 Å². The third kappa shape index (κ3) is 3.63. The topological polar surface area (TPSA) is 73.3 Å². The highest BCUT2D eigenvalue weighted by Gasteiger charge is 2.55. The molecule has 0 saturated heterocycles. The second-order valence-electron chi connectivity index (χ2n) is 11.5. The van der Waals surface area contributed by atoms with Crippen LogP contribution in [-0.2, 0) is 12.8 Å². The number of hydrogen-bond donors (Lipinski definition) is 2. The monoisotopic (exact) mass is 451 g/mol. The summed E-state index contributed by atoms with van der Waals surface area (Å²) in [6.07, 6.45) is 7.82. The number of ether oxygens (including phenoxy) is 1. The first-order valence-corrected chi connectivity index (χ1v) is 12.9. The number of aliphatic hydroxyl groups excluding tert-OH is 1. The van der Waals surface area contributed by atoms with Gasteiger partial charge in [-0.15, -0.1) is 0 Å². The van der Waals surface area contributed by atoms with E-state index in [2.05, 4.69) is 43.8 Å². The number of methoxy groups -OCH3 is 1. The minimum atomic E-state index is 0.0462. The molecule has 5 nitrogen and oxygen atoms in total. The summed E-state index contributed by atoms with van der Waals surface area (Å²) < 4.78 is 7.39. The minimum absolute atomic E-state index is 0.0462. The van der Waals surface area contributed by atoms with E-state index in [1.165, 1.54) is 30.5 Å². The second-order valence-corrected chi connectivity index (χ2v) is 11.5. The first-order chi connectivity index (χ1) is 15.9. The van der Waals surface area contributed by atoms with E-state index in [0.717, 1.165) is 54.5 Å². The van der Waals surface area contributed by atoms with Gasteiger partial charge in [0.05, 0.1) is 19.0 Å². The molecule has 0 aliphatic heterocycles. The molecule has 5 heteroatoms. The summed E-state index contributed by atoms with van der Waals surface area (Å²) in [6.45, 7) is 8.37. The van der Waals surface area contributed by atoms with Crippen LogP contribution < -0.4 is 10.5 Å². The average Bonchev–Trinajstić information content (AvgIpc) is 3.41. The fourth-order valence-corrected chi connectivity index (χ4v) is 8.32. The van der Waals surface area contributed by atoms with E-state index in [1.54, 1.807) is 7.11 Å². The molecule has 2 fully saturated rings. The zero-order valence-corrected chi connectivity index (χ0v) is 20.7. The Balaban J connectivity index is 1.48. The Kier molecular flexibility index (Phi) is 6.07. The van der Waals surface area contributed by atoms with Crippen molar-refractivity contribution < 1.29 is 9.84 Å². The molecule has 0 radical (unpaired) electrons. The molecule has 0 unspecified atom stereocenters. The molecule has 3 aliphatic rings. The van der Waals surface area contributed by atoms with Gasteiger partial charge < -0.3 is 15.6 Å². The van der Waals surface area contributed by atoms with E-state index in [1.807, 2.05) is 12.1 Å². The quantitative estimate of drug-likeness (QED) is 0.703. The molecule has 1 heterocycles. The van der Waals surface area contributed by atoms with E-state index in [4.69, 9.17) is 15.6 Å². The molecule has 3 N–H and O–H groups in total. The van der Waals surface area contributed by atoms with Gasteiger partial charge in [-0.25, -0.2) is 4.68 Å². The summed E-state index contributed by atoms with van der Waals surface area (Å²) >= 11 is 0. The zero-order chi connectivity index (χ0) is 23.3. The number of nitrogens with zero attached hydrogens (tertiary/aromatic N) is 2. The Bertz CT molecular complexity index is 970. The highest BCUT2D eigenvalue weighted by atomic mass is 16.5. The molecule has 3 aliphatic carbocycles. The van der Waals surface area contributed by atoms with Crippen molar-refractivity contribution in [2.45, 2.75) is 52.9 Å². The number of aliphatic hydroxyl groups is 1. The van der Waals surface area contributed by atoms with Gasteiger partial charge in [0.2, 0.25) is 0 Å². The van der Waals surface area contributed by atoms with Crippen LogP contribution in [0.3, 0.4) is 0 Å². The predicted molar refractivity (Wildman–Crippen MR) is 131 cm³/mol. The molecule has 5 rings (SSSR count). The normalized spacial score (nSPS) is 38.1. The van der Waals surface area contributed by atoms with Crippen LogP contribution in [0.2, 0.25) is 0 Å². The van der Waals surface area contributed by atoms with Gasteiger partial charge in [0.15, 0.2) is 0 Å². The first-order valence-electron chi connectivity index (χ1n) is 12.9. The molecule has 180 valence electrons. The summed E-state index contributed by atoms with van der Waals surface area (Å²) in [5, 5.41) is 15.4. The summed E-state index contributed by atoms with van der Waals surface area (Å²) in [5.41, 5.74) is 10.2. The smallest absolute Gasteiger partial charge is 0.119 e. The molecule has 1 aromatic heterocycles. The van der Waals surface area contributed by atoms with Gasteiger partial charge in [-0.05, 0) is 109 Å². The molecular formula is C28H41N3O2. The van der Waals surface area contributed by atoms with Gasteiger partial charge in [0.1, 0.15) is 5.75 Å². The van der Waals surface area contributed by atoms with E-state index in [9.17, 15) is 5.11 Å². The van der Waals surface area contributed by atoms with Crippen LogP contribution >= 0.6 is 0 Å². The van der Waals surface area contributed by atoms with E-state index >= 15 is 0 Å². The van der Waals surface area contributed by atoms with Crippen molar-refractivity contribution in [2.75, 3.05) is 20.3 Å². The molecule has 8 atom stereocenters. The molecule has 2 aromatic rings. The standard InChI is InChI=1S/C28H41N3O2/c1-17-5-10-23-24(14-29)25(11-18(2)27(17)23)28(3)13-19-15-30-31(26(19)12-20(28)16-32)21-6-8-22(33-4)9-7-21/h6-9,15,17-18,20,23-25,27,32H,5,10-14,16,29H2,1-4H3/t17-,18+,20+,23+,24-,25-,27+,28-/m0/s1. The first kappa shape index (κ1) is 22.9. The Morgan fingerprint density at radius 2 is 1.94 bits per heavy atom. The van der Waals surface area contributed by atoms with Gasteiger partial charge >= 0.3 is 0 Å². The van der Waals surface area contributed by atoms with Gasteiger partial charge in [-0.3, -0.25) is 0 Å². The van der Waals surface area contributed by atoms with Crippen LogP contribution in [0.1, 0.15) is 51.3 Å². The van der Waals surface area contributed by atoms with Crippen molar-refractivity contribution in [3.63, 3.8) is 0 Å². The number of benzene rings is 1. The highest BCUT2D eigenvalue weighted by Crippen LogP contribution is 2.59. The SMILES string of the molecule is COc1ccc(-n2ncc3c2C[C@H](CO)[C@@](C)([C@H]2C[C@@H](C)[C@@H]4[C@H](CC[C@@H]4C)[C@@H]2CN)C3)cc1. The Labute approximate surface area is 198 Å². The number of aromatic nitrogens is 2. The molecule has 1 aromatic carbocycles. The highest BCUT2D eigenvalue weighted by molar-refractivity contribution is 5.40. The lowest BCUT2D eigenvalue weighted by molar-refractivity contribution is -0.0607. The lowest BCUT2D eigenvalue weighted by Crippen LogP contribution is -2.53. The zero-order valence-electron chi connectivity index (χ0n) is 20.7. The number of hydrogen-bond acceptors (Lipinski definition) is 4. The molecular weight excluding hydrogens is 410 g/mol. The van der Waals surface area contributed by atoms with Crippen molar-refractivity contribution >= 4 is 0 Å². The number of fused-ring (bicyclic) bond motifs is 2. The van der Waals surface area contributed by atoms with Crippen LogP contribution in [0, 0.1) is 46.8 Å². The van der Waals surface area contributed by atoms with Crippen LogP contribution in [0.15, 0.2) is 30.5 Å². The average molecular weight is 452 g/mol. The minimum Gasteiger partial charge on any atom is -0.497 e. The Morgan fingerprint density at radius 1 is 1.18 bits per heavy atom. The van der Waals surface area contributed by atoms with Crippen molar-refractivity contribution in [1.82, 2.24) is 9.78 Å². The summed E-state index contributed by atoms with van der Waals surface area (Å²) in [4.78, 5) is 0. The Hall–Kier alpha value is -1.85. The third-order valence-corrected chi connectivity index (χ3v) is 10.0. The van der Waals surface area contributed by atoms with E-state index in [0.29, 0.717) is 11.8 Å². The van der Waals surface area contributed by atoms with Gasteiger partial charge in [-0.2, -0.15) is 5.10 Å². The van der Waals surface area contributed by atoms with Crippen molar-refractivity contribution in [2.24, 2.45) is 52.6 Å². The third-order valence-electron chi connectivity index (χ3n) is 10.0. The summed E-state index contributed by atoms with van der Waals surface area (Å²) in [6, 6.07) is 8.08. The second kappa shape index (κ2) is 8.74. The molecule has 33 heavy (non-hydrogen) atoms. The number of rotatable bonds is 5. The lowest BCUT2D eigenvalue weighted by atomic mass is 9.50. The van der Waals surface area contributed by atoms with Crippen molar-refractivity contribution in [1.29, 1.82) is 0 Å². The van der Waals surface area contributed by atoms with Crippen molar-refractivity contribution in [3.05, 3.63) is 41.7 Å². The van der Waals surface area contributed by atoms with Crippen molar-refractivity contribution in [3.8, 4) is 11.4 Å². The predicted octanol–water partition coefficient (Wildman–Crippen LogP) is 4.49.